The van der Waals surface area contributed by atoms with Gasteiger partial charge >= 0.3 is 0 Å². The maximum atomic E-state index is 12.8. The average Bonchev–Trinajstić information content (AvgIpc) is 3.03. The van der Waals surface area contributed by atoms with Crippen molar-refractivity contribution >= 4 is 45.8 Å². The first-order valence-corrected chi connectivity index (χ1v) is 9.18. The second-order valence-corrected chi connectivity index (χ2v) is 7.43. The summed E-state index contributed by atoms with van der Waals surface area (Å²) in [6.45, 7) is 4.04. The lowest BCUT2D eigenvalue weighted by Gasteiger charge is -2.13. The number of aromatic nitrogens is 3. The van der Waals surface area contributed by atoms with Gasteiger partial charge in [0.2, 0.25) is 0 Å². The molecule has 3 rings (SSSR count). The van der Waals surface area contributed by atoms with Crippen molar-refractivity contribution in [2.45, 2.75) is 19.8 Å². The van der Waals surface area contributed by atoms with E-state index in [-0.39, 0.29) is 11.8 Å². The van der Waals surface area contributed by atoms with Crippen LogP contribution in [-0.4, -0.2) is 20.7 Å². The first-order valence-electron chi connectivity index (χ1n) is 7.73. The number of amides is 1. The predicted molar refractivity (Wildman–Crippen MR) is 108 cm³/mol. The molecular weight excluding hydrogens is 451 g/mol. The molecular formula is C18H16ClIN4O. The van der Waals surface area contributed by atoms with Gasteiger partial charge in [-0.2, -0.15) is 5.10 Å². The summed E-state index contributed by atoms with van der Waals surface area (Å²) in [6.07, 6.45) is 3.27. The Kier molecular flexibility index (Phi) is 5.39. The highest BCUT2D eigenvalue weighted by atomic mass is 127. The molecule has 3 aromatic rings. The van der Waals surface area contributed by atoms with Crippen molar-refractivity contribution in [2.75, 3.05) is 5.32 Å². The Hall–Kier alpha value is -1.93. The fraction of sp³-hybridized carbons (Fsp3) is 0.167. The Labute approximate surface area is 164 Å². The molecule has 0 spiro atoms. The van der Waals surface area contributed by atoms with Gasteiger partial charge in [-0.1, -0.05) is 31.5 Å². The number of nitrogens with zero attached hydrogens (tertiary/aromatic N) is 3. The molecule has 0 bridgehead atoms. The molecule has 0 unspecified atom stereocenters. The Morgan fingerprint density at radius 3 is 2.72 bits per heavy atom. The lowest BCUT2D eigenvalue weighted by atomic mass is 10.1. The van der Waals surface area contributed by atoms with Crippen LogP contribution in [0.1, 0.15) is 35.8 Å². The zero-order valence-corrected chi connectivity index (χ0v) is 16.6. The van der Waals surface area contributed by atoms with Gasteiger partial charge < -0.3 is 5.32 Å². The standard InChI is InChI=1S/C18H16ClIN4O/c1-11(2)17-13(10-22-24(17)16-5-3-4-8-21-16)18(25)23-15-7-6-12(20)9-14(15)19/h3-11H,1-2H3,(H,23,25). The number of anilines is 1. The van der Waals surface area contributed by atoms with Crippen LogP contribution in [0.5, 0.6) is 0 Å². The second-order valence-electron chi connectivity index (χ2n) is 5.78. The van der Waals surface area contributed by atoms with Crippen LogP contribution in [0.2, 0.25) is 5.02 Å². The minimum Gasteiger partial charge on any atom is -0.321 e. The third-order valence-corrected chi connectivity index (χ3v) is 4.63. The molecule has 5 nitrogen and oxygen atoms in total. The molecule has 0 saturated heterocycles. The third-order valence-electron chi connectivity index (χ3n) is 3.64. The first kappa shape index (κ1) is 17.9. The highest BCUT2D eigenvalue weighted by molar-refractivity contribution is 14.1. The summed E-state index contributed by atoms with van der Waals surface area (Å²) in [5.74, 6) is 0.531. The van der Waals surface area contributed by atoms with Crippen LogP contribution in [0.15, 0.2) is 48.8 Å². The van der Waals surface area contributed by atoms with E-state index in [2.05, 4.69) is 38.0 Å². The fourth-order valence-electron chi connectivity index (χ4n) is 2.53. The number of halogens is 2. The molecule has 0 radical (unpaired) electrons. The van der Waals surface area contributed by atoms with E-state index in [9.17, 15) is 4.79 Å². The van der Waals surface area contributed by atoms with Crippen LogP contribution < -0.4 is 5.32 Å². The van der Waals surface area contributed by atoms with Crippen LogP contribution in [0.3, 0.4) is 0 Å². The average molecular weight is 467 g/mol. The smallest absolute Gasteiger partial charge is 0.259 e. The fourth-order valence-corrected chi connectivity index (χ4v) is 3.43. The van der Waals surface area contributed by atoms with Crippen LogP contribution in [-0.2, 0) is 0 Å². The largest absolute Gasteiger partial charge is 0.321 e. The molecule has 0 aliphatic carbocycles. The van der Waals surface area contributed by atoms with Crippen LogP contribution in [0, 0.1) is 3.57 Å². The molecule has 1 N–H and O–H groups in total. The number of hydrogen-bond acceptors (Lipinski definition) is 3. The molecule has 0 aliphatic heterocycles. The van der Waals surface area contributed by atoms with E-state index in [1.165, 1.54) is 0 Å². The van der Waals surface area contributed by atoms with E-state index in [1.807, 2.05) is 38.1 Å². The number of carbonyl (C=O) groups is 1. The summed E-state index contributed by atoms with van der Waals surface area (Å²) < 4.78 is 2.71. The Bertz CT molecular complexity index is 909. The summed E-state index contributed by atoms with van der Waals surface area (Å²) in [7, 11) is 0. The number of benzene rings is 1. The van der Waals surface area contributed by atoms with E-state index < -0.39 is 0 Å². The van der Waals surface area contributed by atoms with Gasteiger partial charge in [0.1, 0.15) is 0 Å². The van der Waals surface area contributed by atoms with Crippen LogP contribution >= 0.6 is 34.2 Å². The normalized spacial score (nSPS) is 10.9. The van der Waals surface area contributed by atoms with Crippen molar-refractivity contribution in [2.24, 2.45) is 0 Å². The number of carbonyl (C=O) groups excluding carboxylic acids is 1. The predicted octanol–water partition coefficient (Wildman–Crippen LogP) is 4.90. The maximum absolute atomic E-state index is 12.8. The molecule has 2 aromatic heterocycles. The van der Waals surface area contributed by atoms with Crippen LogP contribution in [0.4, 0.5) is 5.69 Å². The molecule has 7 heteroatoms. The van der Waals surface area contributed by atoms with E-state index >= 15 is 0 Å². The second kappa shape index (κ2) is 7.53. The minimum atomic E-state index is -0.242. The van der Waals surface area contributed by atoms with E-state index in [1.54, 1.807) is 29.2 Å². The monoisotopic (exact) mass is 466 g/mol. The van der Waals surface area contributed by atoms with Crippen LogP contribution in [0.25, 0.3) is 5.82 Å². The van der Waals surface area contributed by atoms with Gasteiger partial charge in [-0.3, -0.25) is 4.79 Å². The highest BCUT2D eigenvalue weighted by Crippen LogP contribution is 2.27. The topological polar surface area (TPSA) is 59.8 Å². The number of rotatable bonds is 4. The van der Waals surface area contributed by atoms with Gasteiger partial charge in [0.15, 0.2) is 5.82 Å². The molecule has 0 saturated carbocycles. The molecule has 25 heavy (non-hydrogen) atoms. The minimum absolute atomic E-state index is 0.0949. The van der Waals surface area contributed by atoms with Crippen molar-refractivity contribution < 1.29 is 4.79 Å². The number of nitrogens with one attached hydrogen (secondary N) is 1. The van der Waals surface area contributed by atoms with Crippen molar-refractivity contribution in [3.63, 3.8) is 0 Å². The lowest BCUT2D eigenvalue weighted by Crippen LogP contribution is -2.16. The summed E-state index contributed by atoms with van der Waals surface area (Å²) in [5.41, 5.74) is 1.89. The maximum Gasteiger partial charge on any atom is 0.259 e. The lowest BCUT2D eigenvalue weighted by molar-refractivity contribution is 0.102. The Morgan fingerprint density at radius 2 is 2.08 bits per heavy atom. The molecule has 2 heterocycles. The van der Waals surface area contributed by atoms with Gasteiger partial charge in [-0.05, 0) is 58.8 Å². The molecule has 0 atom stereocenters. The summed E-state index contributed by atoms with van der Waals surface area (Å²) in [5, 5.41) is 7.74. The third kappa shape index (κ3) is 3.85. The molecule has 128 valence electrons. The van der Waals surface area contributed by atoms with Gasteiger partial charge in [0.05, 0.1) is 28.2 Å². The first-order chi connectivity index (χ1) is 12.0. The molecule has 0 aliphatic rings. The van der Waals surface area contributed by atoms with E-state index in [0.29, 0.717) is 22.1 Å². The van der Waals surface area contributed by atoms with Gasteiger partial charge in [0, 0.05) is 9.77 Å². The summed E-state index contributed by atoms with van der Waals surface area (Å²) in [4.78, 5) is 17.1. The van der Waals surface area contributed by atoms with Gasteiger partial charge in [0.25, 0.3) is 5.91 Å². The zero-order valence-electron chi connectivity index (χ0n) is 13.7. The number of pyridine rings is 1. The SMILES string of the molecule is CC(C)c1c(C(=O)Nc2ccc(I)cc2Cl)cnn1-c1ccccn1. The summed E-state index contributed by atoms with van der Waals surface area (Å²) in [6, 6.07) is 11.1. The molecule has 0 fully saturated rings. The van der Waals surface area contributed by atoms with Gasteiger partial charge in [-0.15, -0.1) is 0 Å². The van der Waals surface area contributed by atoms with Crippen molar-refractivity contribution in [3.05, 3.63) is 68.6 Å². The zero-order chi connectivity index (χ0) is 18.0. The Balaban J connectivity index is 1.97. The van der Waals surface area contributed by atoms with E-state index in [4.69, 9.17) is 11.6 Å². The summed E-state index contributed by atoms with van der Waals surface area (Å²) >= 11 is 8.39. The van der Waals surface area contributed by atoms with Crippen molar-refractivity contribution in [1.29, 1.82) is 0 Å². The highest BCUT2D eigenvalue weighted by Gasteiger charge is 2.22. The van der Waals surface area contributed by atoms with E-state index in [0.717, 1.165) is 9.26 Å². The van der Waals surface area contributed by atoms with Crippen molar-refractivity contribution in [3.8, 4) is 5.82 Å². The number of hydrogen-bond donors (Lipinski definition) is 1. The van der Waals surface area contributed by atoms with Crippen molar-refractivity contribution in [1.82, 2.24) is 14.8 Å². The molecule has 1 aromatic carbocycles. The van der Waals surface area contributed by atoms with Gasteiger partial charge in [-0.25, -0.2) is 9.67 Å². The molecule has 1 amide bonds. The Morgan fingerprint density at radius 1 is 1.28 bits per heavy atom. The quantitative estimate of drug-likeness (QED) is 0.556.